The summed E-state index contributed by atoms with van der Waals surface area (Å²) in [4.78, 5) is 12.1. The van der Waals surface area contributed by atoms with E-state index >= 15 is 0 Å². The van der Waals surface area contributed by atoms with Crippen LogP contribution in [0.5, 0.6) is 0 Å². The van der Waals surface area contributed by atoms with Crippen molar-refractivity contribution in [1.29, 1.82) is 0 Å². The molecule has 0 aliphatic rings. The SMILES string of the molecule is COC[C@@H](NC(=O)CSc1nnc(C)s1)c1ccnn1C. The number of thioether (sulfide) groups is 1. The van der Waals surface area contributed by atoms with Crippen molar-refractivity contribution in [1.82, 2.24) is 25.3 Å². The minimum absolute atomic E-state index is 0.0731. The molecule has 0 radical (unpaired) electrons. The highest BCUT2D eigenvalue weighted by Crippen LogP contribution is 2.21. The molecule has 1 atom stereocenters. The van der Waals surface area contributed by atoms with Crippen LogP contribution in [0.25, 0.3) is 0 Å². The average Bonchev–Trinajstić information content (AvgIpc) is 3.05. The molecular weight excluding hydrogens is 310 g/mol. The van der Waals surface area contributed by atoms with Gasteiger partial charge < -0.3 is 10.1 Å². The highest BCUT2D eigenvalue weighted by molar-refractivity contribution is 8.01. The van der Waals surface area contributed by atoms with E-state index in [9.17, 15) is 4.79 Å². The Bertz CT molecular complexity index is 598. The Hall–Kier alpha value is -1.45. The molecule has 0 aliphatic heterocycles. The second-order valence-corrected chi connectivity index (χ2v) is 6.73. The van der Waals surface area contributed by atoms with Gasteiger partial charge >= 0.3 is 0 Å². The highest BCUT2D eigenvalue weighted by Gasteiger charge is 2.18. The van der Waals surface area contributed by atoms with Gasteiger partial charge in [-0.1, -0.05) is 23.1 Å². The number of rotatable bonds is 7. The lowest BCUT2D eigenvalue weighted by Crippen LogP contribution is -2.33. The molecule has 2 aromatic rings. The van der Waals surface area contributed by atoms with Crippen LogP contribution in [0.3, 0.4) is 0 Å². The van der Waals surface area contributed by atoms with Gasteiger partial charge in [0, 0.05) is 20.4 Å². The number of nitrogens with zero attached hydrogens (tertiary/aromatic N) is 4. The Balaban J connectivity index is 1.91. The van der Waals surface area contributed by atoms with Crippen molar-refractivity contribution in [3.05, 3.63) is 23.0 Å². The summed E-state index contributed by atoms with van der Waals surface area (Å²) in [7, 11) is 3.44. The third-order valence-corrected chi connectivity index (χ3v) is 4.69. The van der Waals surface area contributed by atoms with E-state index in [2.05, 4.69) is 20.6 Å². The number of methoxy groups -OCH3 is 1. The van der Waals surface area contributed by atoms with Gasteiger partial charge in [0.2, 0.25) is 5.91 Å². The Morgan fingerprint density at radius 1 is 1.57 bits per heavy atom. The number of carbonyl (C=O) groups is 1. The molecule has 2 heterocycles. The van der Waals surface area contributed by atoms with Crippen molar-refractivity contribution in [2.24, 2.45) is 7.05 Å². The number of hydrogen-bond acceptors (Lipinski definition) is 7. The number of carbonyl (C=O) groups excluding carboxylic acids is 1. The number of ether oxygens (including phenoxy) is 1. The second kappa shape index (κ2) is 7.53. The summed E-state index contributed by atoms with van der Waals surface area (Å²) < 4.78 is 7.69. The summed E-state index contributed by atoms with van der Waals surface area (Å²) in [5.41, 5.74) is 0.905. The first-order valence-corrected chi connectivity index (χ1v) is 8.09. The highest BCUT2D eigenvalue weighted by atomic mass is 32.2. The van der Waals surface area contributed by atoms with Crippen molar-refractivity contribution in [3.8, 4) is 0 Å². The summed E-state index contributed by atoms with van der Waals surface area (Å²) in [6, 6.07) is 1.65. The Morgan fingerprint density at radius 2 is 2.38 bits per heavy atom. The van der Waals surface area contributed by atoms with Crippen LogP contribution >= 0.6 is 23.1 Å². The Labute approximate surface area is 131 Å². The van der Waals surface area contributed by atoms with Gasteiger partial charge in [0.1, 0.15) is 5.01 Å². The van der Waals surface area contributed by atoms with Gasteiger partial charge in [-0.05, 0) is 13.0 Å². The van der Waals surface area contributed by atoms with Crippen LogP contribution in [0.4, 0.5) is 0 Å². The van der Waals surface area contributed by atoms with E-state index in [4.69, 9.17) is 4.74 Å². The first kappa shape index (κ1) is 15.9. The maximum Gasteiger partial charge on any atom is 0.231 e. The van der Waals surface area contributed by atoms with Gasteiger partial charge in [-0.3, -0.25) is 9.48 Å². The predicted octanol–water partition coefficient (Wildman–Crippen LogP) is 1.18. The zero-order valence-electron chi connectivity index (χ0n) is 12.1. The minimum atomic E-state index is -0.216. The van der Waals surface area contributed by atoms with E-state index in [1.165, 1.54) is 23.1 Å². The normalized spacial score (nSPS) is 12.3. The fourth-order valence-corrected chi connectivity index (χ4v) is 3.42. The quantitative estimate of drug-likeness (QED) is 0.769. The third-order valence-electron chi connectivity index (χ3n) is 2.72. The molecule has 2 rings (SSSR count). The monoisotopic (exact) mass is 327 g/mol. The molecule has 21 heavy (non-hydrogen) atoms. The van der Waals surface area contributed by atoms with Crippen LogP contribution in [0, 0.1) is 6.92 Å². The number of nitrogens with one attached hydrogen (secondary N) is 1. The Kier molecular flexibility index (Phi) is 5.71. The lowest BCUT2D eigenvalue weighted by atomic mass is 10.2. The Morgan fingerprint density at radius 3 is 2.95 bits per heavy atom. The van der Waals surface area contributed by atoms with Crippen LogP contribution in [0.2, 0.25) is 0 Å². The largest absolute Gasteiger partial charge is 0.382 e. The molecule has 0 aromatic carbocycles. The lowest BCUT2D eigenvalue weighted by Gasteiger charge is -2.18. The van der Waals surface area contributed by atoms with Crippen LogP contribution in [0.15, 0.2) is 16.6 Å². The van der Waals surface area contributed by atoms with E-state index in [0.29, 0.717) is 12.4 Å². The van der Waals surface area contributed by atoms with Gasteiger partial charge in [-0.25, -0.2) is 0 Å². The molecule has 0 spiro atoms. The standard InChI is InChI=1S/C12H17N5O2S2/c1-8-15-16-12(21-8)20-7-11(18)14-9(6-19-3)10-4-5-13-17(10)2/h4-5,9H,6-7H2,1-3H3,(H,14,18)/t9-/m1/s1. The minimum Gasteiger partial charge on any atom is -0.382 e. The van der Waals surface area contributed by atoms with Crippen molar-refractivity contribution in [2.75, 3.05) is 19.5 Å². The number of aromatic nitrogens is 4. The zero-order chi connectivity index (χ0) is 15.2. The molecule has 2 aromatic heterocycles. The molecule has 0 fully saturated rings. The van der Waals surface area contributed by atoms with E-state index in [1.807, 2.05) is 20.0 Å². The van der Waals surface area contributed by atoms with Gasteiger partial charge in [0.05, 0.1) is 24.1 Å². The second-order valence-electron chi connectivity index (χ2n) is 4.33. The van der Waals surface area contributed by atoms with Crippen LogP contribution in [0.1, 0.15) is 16.7 Å². The first-order valence-electron chi connectivity index (χ1n) is 6.29. The van der Waals surface area contributed by atoms with Crippen molar-refractivity contribution in [3.63, 3.8) is 0 Å². The van der Waals surface area contributed by atoms with Gasteiger partial charge in [0.15, 0.2) is 4.34 Å². The summed E-state index contributed by atoms with van der Waals surface area (Å²) in [5, 5.41) is 15.9. The van der Waals surface area contributed by atoms with Crippen molar-refractivity contribution >= 4 is 29.0 Å². The smallest absolute Gasteiger partial charge is 0.231 e. The molecule has 0 aliphatic carbocycles. The van der Waals surface area contributed by atoms with E-state index in [1.54, 1.807) is 18.0 Å². The van der Waals surface area contributed by atoms with Gasteiger partial charge in [-0.2, -0.15) is 5.10 Å². The van der Waals surface area contributed by atoms with Crippen LogP contribution < -0.4 is 5.32 Å². The average molecular weight is 327 g/mol. The number of hydrogen-bond donors (Lipinski definition) is 1. The molecule has 1 N–H and O–H groups in total. The molecule has 7 nitrogen and oxygen atoms in total. The van der Waals surface area contributed by atoms with Gasteiger partial charge in [0.25, 0.3) is 0 Å². The molecule has 0 saturated heterocycles. The summed E-state index contributed by atoms with van der Waals surface area (Å²) in [5.74, 6) is 0.225. The molecule has 0 unspecified atom stereocenters. The predicted molar refractivity (Wildman–Crippen MR) is 81.3 cm³/mol. The lowest BCUT2D eigenvalue weighted by molar-refractivity contribution is -0.119. The molecule has 0 saturated carbocycles. The van der Waals surface area contributed by atoms with Crippen molar-refractivity contribution in [2.45, 2.75) is 17.3 Å². The van der Waals surface area contributed by atoms with Crippen LogP contribution in [-0.2, 0) is 16.6 Å². The summed E-state index contributed by atoms with van der Waals surface area (Å²) in [6.45, 7) is 2.28. The van der Waals surface area contributed by atoms with E-state index in [0.717, 1.165) is 15.0 Å². The number of aryl methyl sites for hydroxylation is 2. The molecular formula is C12H17N5O2S2. The van der Waals surface area contributed by atoms with E-state index < -0.39 is 0 Å². The number of amides is 1. The topological polar surface area (TPSA) is 81.9 Å². The summed E-state index contributed by atoms with van der Waals surface area (Å²) in [6.07, 6.45) is 1.70. The molecule has 114 valence electrons. The first-order chi connectivity index (χ1) is 10.1. The molecule has 0 bridgehead atoms. The third kappa shape index (κ3) is 4.51. The summed E-state index contributed by atoms with van der Waals surface area (Å²) >= 11 is 2.86. The maximum atomic E-state index is 12.1. The van der Waals surface area contributed by atoms with Crippen LogP contribution in [-0.4, -0.2) is 45.4 Å². The molecule has 9 heteroatoms. The van der Waals surface area contributed by atoms with Gasteiger partial charge in [-0.15, -0.1) is 10.2 Å². The fraction of sp³-hybridized carbons (Fsp3) is 0.500. The van der Waals surface area contributed by atoms with Crippen molar-refractivity contribution < 1.29 is 9.53 Å². The zero-order valence-corrected chi connectivity index (χ0v) is 13.7. The maximum absolute atomic E-state index is 12.1. The molecule has 1 amide bonds. The van der Waals surface area contributed by atoms with E-state index in [-0.39, 0.29) is 11.9 Å². The fourth-order valence-electron chi connectivity index (χ4n) is 1.79.